The van der Waals surface area contributed by atoms with Gasteiger partial charge in [0, 0.05) is 66.1 Å². The van der Waals surface area contributed by atoms with Crippen molar-refractivity contribution in [2.24, 2.45) is 0 Å². The smallest absolute Gasteiger partial charge is 0.265 e. The number of amides is 8. The Morgan fingerprint density at radius 1 is 0.136 bits per heavy atom. The van der Waals surface area contributed by atoms with Crippen molar-refractivity contribution in [1.29, 1.82) is 0 Å². The van der Waals surface area contributed by atoms with Gasteiger partial charge in [0.25, 0.3) is 47.3 Å². The van der Waals surface area contributed by atoms with Crippen molar-refractivity contribution in [3.05, 3.63) is 384 Å². The molecule has 0 saturated heterocycles. The molecular formula is C98H56N4O8. The summed E-state index contributed by atoms with van der Waals surface area (Å²) >= 11 is 0. The summed E-state index contributed by atoms with van der Waals surface area (Å²) in [5.74, 6) is -2.73. The molecule has 12 nitrogen and oxygen atoms in total. The molecule has 110 heavy (non-hydrogen) atoms. The van der Waals surface area contributed by atoms with Gasteiger partial charge in [0.15, 0.2) is 0 Å². The average Bonchev–Trinajstić information content (AvgIpc) is 0.719. The number of benzene rings is 17. The SMILES string of the molecule is O=C1c2cccc3c(-c4c5ccccc5c(-c5ccc6c7c(cccc57)C(=O)N(c5ccccc5)C6=O)c5ccccc45)ccc(c23)C(=O)N1c1ccccc1.O=C1c2cccc3c(-c4ccc(-c5ccc(-c6ccc7c8c(cccc68)C(=O)N(c6ccccc6)C7=O)cc5)cc4)ccc(c23)C(=O)N1c1ccccc1. The third-order valence-electron chi connectivity index (χ3n) is 21.9. The van der Waals surface area contributed by atoms with E-state index < -0.39 is 0 Å². The Kier molecular flexibility index (Phi) is 14.8. The lowest BCUT2D eigenvalue weighted by Gasteiger charge is -2.28. The van der Waals surface area contributed by atoms with E-state index in [4.69, 9.17) is 0 Å². The monoisotopic (exact) mass is 1420 g/mol. The van der Waals surface area contributed by atoms with Gasteiger partial charge in [-0.3, -0.25) is 38.4 Å². The average molecular weight is 1420 g/mol. The Labute approximate surface area is 628 Å². The number of carbonyl (C=O) groups is 8. The van der Waals surface area contributed by atoms with E-state index in [9.17, 15) is 38.4 Å². The first-order valence-electron chi connectivity index (χ1n) is 36.1. The zero-order valence-corrected chi connectivity index (χ0v) is 58.4. The predicted octanol–water partition coefficient (Wildman–Crippen LogP) is 21.8. The van der Waals surface area contributed by atoms with Gasteiger partial charge in [0.2, 0.25) is 0 Å². The van der Waals surface area contributed by atoms with Gasteiger partial charge >= 0.3 is 0 Å². The Balaban J connectivity index is 0.000000144. The molecule has 0 unspecified atom stereocenters. The second-order valence-corrected chi connectivity index (χ2v) is 27.7. The van der Waals surface area contributed by atoms with Gasteiger partial charge in [-0.1, -0.05) is 243 Å². The number of hydrogen-bond donors (Lipinski definition) is 0. The summed E-state index contributed by atoms with van der Waals surface area (Å²) in [6.07, 6.45) is 0. The van der Waals surface area contributed by atoms with Gasteiger partial charge in [-0.2, -0.15) is 0 Å². The van der Waals surface area contributed by atoms with Crippen LogP contribution < -0.4 is 19.6 Å². The fourth-order valence-corrected chi connectivity index (χ4v) is 17.0. The standard InChI is InChI=1S/C50H28N2O4.C48H28N2O4/c53-47-39-23-11-21-35-37(25-27-41(45(35)39)49(55)51(47)29-13-3-1-4-14-29)43-31-17-7-9-19-33(31)44(34-20-10-8-18-32(34)43)38-26-28-42-46-36(38)22-12-24-40(46)48(54)52(50(42)56)30-15-5-2-6-16-30;51-45-39-15-7-13-37-35(25-27-41(43(37)39)47(53)49(45)33-9-3-1-4-10-33)31-21-17-29(18-22-31)30-19-23-32(24-20-30)36-26-28-42-44-38(36)14-8-16-40(44)46(52)50(48(42)54)34-11-5-2-6-12-34/h1-28H;1-28H. The minimum absolute atomic E-state index is 0.329. The van der Waals surface area contributed by atoms with Gasteiger partial charge in [-0.15, -0.1) is 0 Å². The first-order valence-corrected chi connectivity index (χ1v) is 36.1. The first kappa shape index (κ1) is 64.5. The van der Waals surface area contributed by atoms with Crippen molar-refractivity contribution in [3.63, 3.8) is 0 Å². The molecule has 0 spiro atoms. The molecule has 21 rings (SSSR count). The lowest BCUT2D eigenvalue weighted by atomic mass is 9.81. The molecular weight excluding hydrogens is 1360 g/mol. The van der Waals surface area contributed by atoms with Crippen LogP contribution in [-0.4, -0.2) is 47.3 Å². The minimum atomic E-state index is -0.354. The summed E-state index contributed by atoms with van der Waals surface area (Å²) < 4.78 is 0. The molecule has 516 valence electrons. The molecule has 0 N–H and O–H groups in total. The maximum Gasteiger partial charge on any atom is 0.265 e. The van der Waals surface area contributed by atoms with Crippen LogP contribution in [0.15, 0.2) is 340 Å². The van der Waals surface area contributed by atoms with Crippen LogP contribution in [0, 0.1) is 0 Å². The highest BCUT2D eigenvalue weighted by molar-refractivity contribution is 6.41. The lowest BCUT2D eigenvalue weighted by molar-refractivity contribution is 0.0877. The molecule has 4 heterocycles. The van der Waals surface area contributed by atoms with Crippen molar-refractivity contribution in [2.45, 2.75) is 0 Å². The van der Waals surface area contributed by atoms with Crippen LogP contribution in [0.5, 0.6) is 0 Å². The summed E-state index contributed by atoms with van der Waals surface area (Å²) in [6, 6.07) is 107. The van der Waals surface area contributed by atoms with E-state index >= 15 is 0 Å². The predicted molar refractivity (Wildman–Crippen MR) is 435 cm³/mol. The summed E-state index contributed by atoms with van der Waals surface area (Å²) in [7, 11) is 0. The minimum Gasteiger partial charge on any atom is -0.268 e. The molecule has 0 aliphatic carbocycles. The fraction of sp³-hybridized carbons (Fsp3) is 0. The quantitative estimate of drug-likeness (QED) is 0.102. The van der Waals surface area contributed by atoms with Crippen LogP contribution in [0.2, 0.25) is 0 Å². The topological polar surface area (TPSA) is 150 Å². The number of nitrogens with zero attached hydrogens (tertiary/aromatic N) is 4. The van der Waals surface area contributed by atoms with E-state index in [1.54, 1.807) is 72.8 Å². The Morgan fingerprint density at radius 2 is 0.318 bits per heavy atom. The second kappa shape index (κ2) is 25.3. The summed E-state index contributed by atoms with van der Waals surface area (Å²) in [5.41, 5.74) is 15.8. The summed E-state index contributed by atoms with van der Waals surface area (Å²) in [6.45, 7) is 0. The van der Waals surface area contributed by atoms with Crippen LogP contribution in [0.1, 0.15) is 82.9 Å². The number of carbonyl (C=O) groups excluding carboxylic acids is 8. The molecule has 0 aromatic heterocycles. The van der Waals surface area contributed by atoms with Crippen LogP contribution in [0.25, 0.3) is 120 Å². The Bertz CT molecular complexity index is 6380. The van der Waals surface area contributed by atoms with Crippen molar-refractivity contribution < 1.29 is 38.4 Å². The number of fused-ring (bicyclic) bond motifs is 2. The van der Waals surface area contributed by atoms with Crippen molar-refractivity contribution >= 4 is 135 Å². The molecule has 12 heteroatoms. The van der Waals surface area contributed by atoms with E-state index in [-0.39, 0.29) is 47.3 Å². The van der Waals surface area contributed by atoms with E-state index in [0.717, 1.165) is 98.7 Å². The van der Waals surface area contributed by atoms with Gasteiger partial charge < -0.3 is 0 Å². The highest BCUT2D eigenvalue weighted by Gasteiger charge is 2.40. The fourth-order valence-electron chi connectivity index (χ4n) is 17.0. The second-order valence-electron chi connectivity index (χ2n) is 27.7. The molecule has 0 saturated carbocycles. The number of para-hydroxylation sites is 4. The number of rotatable bonds is 9. The molecule has 4 aliphatic heterocycles. The molecule has 8 amide bonds. The first-order chi connectivity index (χ1) is 54.0. The van der Waals surface area contributed by atoms with Crippen molar-refractivity contribution in [3.8, 4) is 55.6 Å². The van der Waals surface area contributed by atoms with Gasteiger partial charge in [-0.05, 0) is 196 Å². The van der Waals surface area contributed by atoms with Crippen LogP contribution in [0.4, 0.5) is 22.7 Å². The highest BCUT2D eigenvalue weighted by Crippen LogP contribution is 2.50. The van der Waals surface area contributed by atoms with Crippen molar-refractivity contribution in [1.82, 2.24) is 0 Å². The maximum atomic E-state index is 14.1. The summed E-state index contributed by atoms with van der Waals surface area (Å²) in [5, 5.41) is 9.96. The molecule has 0 bridgehead atoms. The maximum absolute atomic E-state index is 14.1. The number of anilines is 4. The van der Waals surface area contributed by atoms with Crippen molar-refractivity contribution in [2.75, 3.05) is 19.6 Å². The third kappa shape index (κ3) is 9.79. The van der Waals surface area contributed by atoms with E-state index in [1.165, 1.54) is 19.6 Å². The summed E-state index contributed by atoms with van der Waals surface area (Å²) in [4.78, 5) is 116. The number of imide groups is 4. The number of hydrogen-bond acceptors (Lipinski definition) is 8. The van der Waals surface area contributed by atoms with Gasteiger partial charge in [0.1, 0.15) is 0 Å². The van der Waals surface area contributed by atoms with E-state index in [0.29, 0.717) is 88.8 Å². The normalized spacial score (nSPS) is 13.7. The van der Waals surface area contributed by atoms with Crippen LogP contribution in [0.3, 0.4) is 0 Å². The van der Waals surface area contributed by atoms with Gasteiger partial charge in [0.05, 0.1) is 22.7 Å². The molecule has 17 aromatic carbocycles. The Morgan fingerprint density at radius 3 is 0.564 bits per heavy atom. The van der Waals surface area contributed by atoms with Gasteiger partial charge in [-0.25, -0.2) is 19.6 Å². The third-order valence-corrected chi connectivity index (χ3v) is 21.9. The molecule has 0 radical (unpaired) electrons. The molecule has 17 aromatic rings. The highest BCUT2D eigenvalue weighted by atomic mass is 16.2. The zero-order chi connectivity index (χ0) is 74.2. The van der Waals surface area contributed by atoms with E-state index in [1.807, 2.05) is 194 Å². The lowest BCUT2D eigenvalue weighted by Crippen LogP contribution is -2.40. The van der Waals surface area contributed by atoms with E-state index in [2.05, 4.69) is 72.8 Å². The Hall–Kier alpha value is -15.1. The van der Waals surface area contributed by atoms with Crippen LogP contribution >= 0.6 is 0 Å². The molecule has 0 fully saturated rings. The molecule has 4 aliphatic rings. The molecule has 0 atom stereocenters. The largest absolute Gasteiger partial charge is 0.268 e. The zero-order valence-electron chi connectivity index (χ0n) is 58.4. The van der Waals surface area contributed by atoms with Crippen LogP contribution in [-0.2, 0) is 0 Å².